The number of benzene rings is 1. The normalized spacial score (nSPS) is 15.6. The number of halogens is 1. The van der Waals surface area contributed by atoms with Gasteiger partial charge in [0, 0.05) is 36.5 Å². The van der Waals surface area contributed by atoms with Crippen molar-refractivity contribution in [2.45, 2.75) is 39.6 Å². The Morgan fingerprint density at radius 2 is 2.10 bits per heavy atom. The largest absolute Gasteiger partial charge is 0.299 e. The van der Waals surface area contributed by atoms with Gasteiger partial charge in [-0.05, 0) is 42.6 Å². The smallest absolute Gasteiger partial charge is 0.0740 e. The second-order valence-corrected chi connectivity index (χ2v) is 5.94. The number of likely N-dealkylation sites (N-methyl/N-ethyl adjacent to an activating group) is 1. The van der Waals surface area contributed by atoms with Crippen molar-refractivity contribution in [3.63, 3.8) is 0 Å². The second-order valence-electron chi connectivity index (χ2n) is 5.67. The minimum atomic E-state index is 0.571. The van der Waals surface area contributed by atoms with Crippen LogP contribution in [0.2, 0.25) is 0 Å². The molecule has 0 amide bonds. The molecule has 0 saturated carbocycles. The fourth-order valence-corrected chi connectivity index (χ4v) is 3.42. The summed E-state index contributed by atoms with van der Waals surface area (Å²) < 4.78 is 0. The van der Waals surface area contributed by atoms with Crippen LogP contribution in [-0.4, -0.2) is 23.0 Å². The van der Waals surface area contributed by atoms with Gasteiger partial charge in [-0.25, -0.2) is 0 Å². The van der Waals surface area contributed by atoms with Gasteiger partial charge in [0.25, 0.3) is 0 Å². The molecule has 1 aromatic carbocycles. The number of aryl methyl sites for hydroxylation is 2. The monoisotopic (exact) mass is 288 g/mol. The van der Waals surface area contributed by atoms with Crippen molar-refractivity contribution in [2.75, 3.05) is 13.1 Å². The molecule has 20 heavy (non-hydrogen) atoms. The Labute approximate surface area is 125 Å². The van der Waals surface area contributed by atoms with E-state index in [0.717, 1.165) is 31.6 Å². The first-order valence-corrected chi connectivity index (χ1v) is 7.88. The molecular weight excluding hydrogens is 268 g/mol. The van der Waals surface area contributed by atoms with Crippen LogP contribution in [0.25, 0.3) is 10.9 Å². The molecule has 2 aromatic rings. The molecule has 0 unspecified atom stereocenters. The molecule has 0 atom stereocenters. The van der Waals surface area contributed by atoms with Gasteiger partial charge >= 0.3 is 0 Å². The van der Waals surface area contributed by atoms with Crippen molar-refractivity contribution in [3.05, 3.63) is 40.1 Å². The zero-order chi connectivity index (χ0) is 14.3. The van der Waals surface area contributed by atoms with Gasteiger partial charge in [-0.3, -0.25) is 9.88 Å². The number of hydrogen-bond donors (Lipinski definition) is 0. The van der Waals surface area contributed by atoms with Crippen molar-refractivity contribution >= 4 is 22.5 Å². The van der Waals surface area contributed by atoms with E-state index in [1.165, 1.54) is 33.3 Å². The lowest BCUT2D eigenvalue weighted by Gasteiger charge is -2.29. The number of alkyl halides is 1. The average Bonchev–Trinajstić information content (AvgIpc) is 2.48. The number of hydrogen-bond acceptors (Lipinski definition) is 2. The predicted octanol–water partition coefficient (Wildman–Crippen LogP) is 3.97. The van der Waals surface area contributed by atoms with Crippen molar-refractivity contribution < 1.29 is 0 Å². The van der Waals surface area contributed by atoms with Gasteiger partial charge in [-0.1, -0.05) is 19.1 Å². The zero-order valence-corrected chi connectivity index (χ0v) is 13.2. The Balaban J connectivity index is 2.28. The van der Waals surface area contributed by atoms with Gasteiger partial charge < -0.3 is 0 Å². The molecule has 106 valence electrons. The summed E-state index contributed by atoms with van der Waals surface area (Å²) in [6.45, 7) is 9.71. The number of nitrogens with zero attached hydrogens (tertiary/aromatic N) is 2. The lowest BCUT2D eigenvalue weighted by molar-refractivity contribution is 0.265. The van der Waals surface area contributed by atoms with Crippen LogP contribution in [0.5, 0.6) is 0 Å². The lowest BCUT2D eigenvalue weighted by Crippen LogP contribution is -2.31. The first kappa shape index (κ1) is 13.8. The number of aromatic nitrogens is 1. The molecule has 3 heteroatoms. The maximum Gasteiger partial charge on any atom is 0.0740 e. The van der Waals surface area contributed by atoms with Gasteiger partial charge in [0.15, 0.2) is 0 Å². The zero-order valence-electron chi connectivity index (χ0n) is 12.5. The number of pyridine rings is 1. The topological polar surface area (TPSA) is 16.1 Å². The molecule has 2 nitrogen and oxygen atoms in total. The summed E-state index contributed by atoms with van der Waals surface area (Å²) >= 11 is 6.28. The van der Waals surface area contributed by atoms with Crippen molar-refractivity contribution in [1.82, 2.24) is 9.88 Å². The third kappa shape index (κ3) is 2.11. The van der Waals surface area contributed by atoms with Crippen LogP contribution in [0.1, 0.15) is 34.9 Å². The summed E-state index contributed by atoms with van der Waals surface area (Å²) in [5, 5.41) is 1.24. The maximum absolute atomic E-state index is 6.28. The average molecular weight is 289 g/mol. The van der Waals surface area contributed by atoms with Gasteiger partial charge in [0.2, 0.25) is 0 Å². The number of rotatable bonds is 2. The predicted molar refractivity (Wildman–Crippen MR) is 85.4 cm³/mol. The molecule has 0 N–H and O–H groups in total. The van der Waals surface area contributed by atoms with Crippen LogP contribution in [0.15, 0.2) is 12.1 Å². The Morgan fingerprint density at radius 1 is 1.30 bits per heavy atom. The minimum Gasteiger partial charge on any atom is -0.299 e. The van der Waals surface area contributed by atoms with E-state index in [1.54, 1.807) is 0 Å². The van der Waals surface area contributed by atoms with Gasteiger partial charge in [0.05, 0.1) is 5.52 Å². The van der Waals surface area contributed by atoms with E-state index in [9.17, 15) is 0 Å². The highest BCUT2D eigenvalue weighted by Crippen LogP contribution is 2.31. The van der Waals surface area contributed by atoms with Crippen LogP contribution < -0.4 is 0 Å². The van der Waals surface area contributed by atoms with Crippen LogP contribution in [0.4, 0.5) is 0 Å². The van der Waals surface area contributed by atoms with Crippen LogP contribution in [0.3, 0.4) is 0 Å². The summed E-state index contributed by atoms with van der Waals surface area (Å²) in [6, 6.07) is 4.37. The standard InChI is InChI=1S/C17H21ClN2/c1-4-20-8-7-16-15(10-20)14(9-18)13-6-5-11(2)12(3)17(13)19-16/h5-6H,4,7-10H2,1-3H3. The Morgan fingerprint density at radius 3 is 2.80 bits per heavy atom. The van der Waals surface area contributed by atoms with E-state index in [-0.39, 0.29) is 0 Å². The van der Waals surface area contributed by atoms with Crippen LogP contribution >= 0.6 is 11.6 Å². The SMILES string of the molecule is CCN1CCc2nc3c(C)c(C)ccc3c(CCl)c2C1. The van der Waals surface area contributed by atoms with Gasteiger partial charge in [0.1, 0.15) is 0 Å². The van der Waals surface area contributed by atoms with E-state index < -0.39 is 0 Å². The fourth-order valence-electron chi connectivity index (χ4n) is 3.11. The van der Waals surface area contributed by atoms with Crippen molar-refractivity contribution in [3.8, 4) is 0 Å². The molecule has 0 aliphatic carbocycles. The minimum absolute atomic E-state index is 0.571. The quantitative estimate of drug-likeness (QED) is 0.778. The van der Waals surface area contributed by atoms with E-state index >= 15 is 0 Å². The summed E-state index contributed by atoms with van der Waals surface area (Å²) in [7, 11) is 0. The first-order valence-electron chi connectivity index (χ1n) is 7.34. The van der Waals surface area contributed by atoms with E-state index in [4.69, 9.17) is 16.6 Å². The third-order valence-electron chi connectivity index (χ3n) is 4.61. The lowest BCUT2D eigenvalue weighted by atomic mass is 9.94. The summed E-state index contributed by atoms with van der Waals surface area (Å²) in [6.07, 6.45) is 1.04. The van der Waals surface area contributed by atoms with Gasteiger partial charge in [-0.2, -0.15) is 0 Å². The molecule has 0 saturated heterocycles. The first-order chi connectivity index (χ1) is 9.65. The third-order valence-corrected chi connectivity index (χ3v) is 4.88. The maximum atomic E-state index is 6.28. The molecule has 0 spiro atoms. The molecule has 0 fully saturated rings. The summed E-state index contributed by atoms with van der Waals surface area (Å²) in [4.78, 5) is 7.43. The van der Waals surface area contributed by atoms with E-state index in [2.05, 4.69) is 37.8 Å². The summed E-state index contributed by atoms with van der Waals surface area (Å²) in [5.41, 5.74) is 7.64. The van der Waals surface area contributed by atoms with E-state index in [0.29, 0.717) is 5.88 Å². The van der Waals surface area contributed by atoms with Crippen LogP contribution in [0, 0.1) is 13.8 Å². The molecular formula is C17H21ClN2. The molecule has 2 heterocycles. The molecule has 0 radical (unpaired) electrons. The van der Waals surface area contributed by atoms with Crippen molar-refractivity contribution in [2.24, 2.45) is 0 Å². The fraction of sp³-hybridized carbons (Fsp3) is 0.471. The summed E-state index contributed by atoms with van der Waals surface area (Å²) in [5.74, 6) is 0.571. The Bertz CT molecular complexity index is 664. The Kier molecular flexibility index (Phi) is 3.70. The molecule has 0 bridgehead atoms. The highest BCUT2D eigenvalue weighted by atomic mass is 35.5. The van der Waals surface area contributed by atoms with E-state index in [1.807, 2.05) is 0 Å². The van der Waals surface area contributed by atoms with Gasteiger partial charge in [-0.15, -0.1) is 11.6 Å². The molecule has 1 aliphatic rings. The molecule has 3 rings (SSSR count). The second kappa shape index (κ2) is 5.34. The molecule has 1 aliphatic heterocycles. The van der Waals surface area contributed by atoms with Crippen molar-refractivity contribution in [1.29, 1.82) is 0 Å². The molecule has 1 aromatic heterocycles. The highest BCUT2D eigenvalue weighted by Gasteiger charge is 2.21. The van der Waals surface area contributed by atoms with Crippen LogP contribution in [-0.2, 0) is 18.8 Å². The number of fused-ring (bicyclic) bond motifs is 2. The Hall–Kier alpha value is -1.12. The highest BCUT2D eigenvalue weighted by molar-refractivity contribution is 6.18.